The van der Waals surface area contributed by atoms with Crippen molar-refractivity contribution < 1.29 is 19.1 Å². The molecular formula is C25H26O4. The van der Waals surface area contributed by atoms with Crippen molar-refractivity contribution in [2.75, 3.05) is 0 Å². The molecule has 4 nitrogen and oxygen atoms in total. The van der Waals surface area contributed by atoms with E-state index in [1.807, 2.05) is 76.2 Å². The minimum absolute atomic E-state index is 0.0220. The quantitative estimate of drug-likeness (QED) is 0.425. The van der Waals surface area contributed by atoms with Crippen LogP contribution in [-0.2, 0) is 9.59 Å². The molecule has 0 amide bonds. The highest BCUT2D eigenvalue weighted by molar-refractivity contribution is 5.86. The molecular weight excluding hydrogens is 364 g/mol. The minimum Gasteiger partial charge on any atom is -0.426 e. The SMILES string of the molecule is Cc1ccc(C)c(OC(=O)C2C3C=CC(C3)C2C(=O)Oc2cc(C)ccc2C)c1. The van der Waals surface area contributed by atoms with E-state index in [1.54, 1.807) is 0 Å². The summed E-state index contributed by atoms with van der Waals surface area (Å²) in [6.45, 7) is 7.74. The molecule has 4 atom stereocenters. The van der Waals surface area contributed by atoms with E-state index in [0.717, 1.165) is 28.7 Å². The van der Waals surface area contributed by atoms with Gasteiger partial charge in [-0.3, -0.25) is 9.59 Å². The van der Waals surface area contributed by atoms with Crippen molar-refractivity contribution in [3.8, 4) is 11.5 Å². The van der Waals surface area contributed by atoms with Gasteiger partial charge >= 0.3 is 11.9 Å². The molecule has 1 fully saturated rings. The number of rotatable bonds is 4. The van der Waals surface area contributed by atoms with Crippen molar-refractivity contribution in [1.82, 2.24) is 0 Å². The van der Waals surface area contributed by atoms with Gasteiger partial charge in [0.1, 0.15) is 11.5 Å². The third-order valence-electron chi connectivity index (χ3n) is 6.11. The molecule has 150 valence electrons. The Kier molecular flexibility index (Phi) is 5.03. The molecule has 2 aromatic carbocycles. The van der Waals surface area contributed by atoms with Gasteiger partial charge in [-0.25, -0.2) is 0 Å². The lowest BCUT2D eigenvalue weighted by atomic mass is 9.83. The van der Waals surface area contributed by atoms with E-state index in [-0.39, 0.29) is 23.8 Å². The Labute approximate surface area is 171 Å². The van der Waals surface area contributed by atoms with E-state index in [4.69, 9.17) is 9.47 Å². The fourth-order valence-corrected chi connectivity index (χ4v) is 4.45. The Balaban J connectivity index is 1.56. The number of benzene rings is 2. The molecule has 2 aliphatic carbocycles. The van der Waals surface area contributed by atoms with Gasteiger partial charge in [0.15, 0.2) is 0 Å². The summed E-state index contributed by atoms with van der Waals surface area (Å²) in [5.74, 6) is -0.559. The second kappa shape index (κ2) is 7.51. The second-order valence-electron chi connectivity index (χ2n) is 8.38. The third-order valence-corrected chi connectivity index (χ3v) is 6.11. The highest BCUT2D eigenvalue weighted by Gasteiger charge is 2.53. The summed E-state index contributed by atoms with van der Waals surface area (Å²) in [5, 5.41) is 0. The predicted octanol–water partition coefficient (Wildman–Crippen LogP) is 4.87. The summed E-state index contributed by atoms with van der Waals surface area (Å²) in [7, 11) is 0. The van der Waals surface area contributed by atoms with Crippen LogP contribution in [0.15, 0.2) is 48.6 Å². The van der Waals surface area contributed by atoms with Crippen LogP contribution in [0.2, 0.25) is 0 Å². The fraction of sp³-hybridized carbons (Fsp3) is 0.360. The average Bonchev–Trinajstić information content (AvgIpc) is 3.29. The monoisotopic (exact) mass is 390 g/mol. The molecule has 29 heavy (non-hydrogen) atoms. The molecule has 0 aromatic heterocycles. The molecule has 0 radical (unpaired) electrons. The first-order chi connectivity index (χ1) is 13.8. The highest BCUT2D eigenvalue weighted by Crippen LogP contribution is 2.49. The maximum Gasteiger partial charge on any atom is 0.315 e. The van der Waals surface area contributed by atoms with Crippen LogP contribution >= 0.6 is 0 Å². The van der Waals surface area contributed by atoms with E-state index < -0.39 is 11.8 Å². The van der Waals surface area contributed by atoms with Gasteiger partial charge < -0.3 is 9.47 Å². The van der Waals surface area contributed by atoms with E-state index in [1.165, 1.54) is 0 Å². The molecule has 0 heterocycles. The number of esters is 2. The predicted molar refractivity (Wildman–Crippen MR) is 111 cm³/mol. The van der Waals surface area contributed by atoms with E-state index in [0.29, 0.717) is 11.5 Å². The number of fused-ring (bicyclic) bond motifs is 2. The van der Waals surface area contributed by atoms with Gasteiger partial charge in [0, 0.05) is 0 Å². The van der Waals surface area contributed by atoms with Crippen molar-refractivity contribution in [1.29, 1.82) is 0 Å². The lowest BCUT2D eigenvalue weighted by Crippen LogP contribution is -2.37. The number of carbonyl (C=O) groups excluding carboxylic acids is 2. The van der Waals surface area contributed by atoms with Crippen molar-refractivity contribution in [3.05, 3.63) is 70.8 Å². The number of allylic oxidation sites excluding steroid dienone is 2. The van der Waals surface area contributed by atoms with Gasteiger partial charge in [-0.15, -0.1) is 0 Å². The van der Waals surface area contributed by atoms with Gasteiger partial charge in [-0.2, -0.15) is 0 Å². The van der Waals surface area contributed by atoms with Crippen LogP contribution in [0.4, 0.5) is 0 Å². The Bertz CT molecular complexity index is 924. The van der Waals surface area contributed by atoms with Gasteiger partial charge in [0.05, 0.1) is 11.8 Å². The molecule has 4 heteroatoms. The molecule has 0 aliphatic heterocycles. The average molecular weight is 390 g/mol. The van der Waals surface area contributed by atoms with Gasteiger partial charge in [0.2, 0.25) is 0 Å². The van der Waals surface area contributed by atoms with Crippen LogP contribution in [0.5, 0.6) is 11.5 Å². The van der Waals surface area contributed by atoms with Crippen LogP contribution in [0.3, 0.4) is 0 Å². The van der Waals surface area contributed by atoms with Crippen LogP contribution in [0, 0.1) is 51.4 Å². The summed E-state index contributed by atoms with van der Waals surface area (Å²) in [6.07, 6.45) is 4.88. The first-order valence-corrected chi connectivity index (χ1v) is 10.1. The lowest BCUT2D eigenvalue weighted by molar-refractivity contribution is -0.151. The molecule has 0 saturated heterocycles. The van der Waals surface area contributed by atoms with Gasteiger partial charge in [-0.05, 0) is 80.3 Å². The summed E-state index contributed by atoms with van der Waals surface area (Å²) in [6, 6.07) is 11.6. The molecule has 4 rings (SSSR count). The second-order valence-corrected chi connectivity index (χ2v) is 8.38. The summed E-state index contributed by atoms with van der Waals surface area (Å²) >= 11 is 0. The summed E-state index contributed by atoms with van der Waals surface area (Å²) in [4.78, 5) is 26.2. The van der Waals surface area contributed by atoms with Crippen LogP contribution in [0.25, 0.3) is 0 Å². The highest BCUT2D eigenvalue weighted by atomic mass is 16.5. The Morgan fingerprint density at radius 2 is 1.14 bits per heavy atom. The number of hydrogen-bond acceptors (Lipinski definition) is 4. The maximum absolute atomic E-state index is 13.1. The summed E-state index contributed by atoms with van der Waals surface area (Å²) in [5.41, 5.74) is 3.85. The van der Waals surface area contributed by atoms with Crippen LogP contribution in [0.1, 0.15) is 28.7 Å². The maximum atomic E-state index is 13.1. The Hall–Kier alpha value is -2.88. The molecule has 2 aromatic rings. The zero-order valence-corrected chi connectivity index (χ0v) is 17.3. The fourth-order valence-electron chi connectivity index (χ4n) is 4.45. The Morgan fingerprint density at radius 1 is 0.724 bits per heavy atom. The molecule has 2 aliphatic rings. The third kappa shape index (κ3) is 3.71. The Morgan fingerprint density at radius 3 is 1.55 bits per heavy atom. The zero-order valence-electron chi connectivity index (χ0n) is 17.3. The first kappa shape index (κ1) is 19.4. The van der Waals surface area contributed by atoms with Crippen molar-refractivity contribution in [2.45, 2.75) is 34.1 Å². The zero-order chi connectivity index (χ0) is 20.7. The molecule has 0 N–H and O–H groups in total. The standard InChI is InChI=1S/C25H26O4/c1-14-5-7-16(3)20(11-14)28-24(26)22-18-9-10-19(13-18)23(22)25(27)29-21-12-15(2)6-8-17(21)4/h5-12,18-19,22-23H,13H2,1-4H3. The lowest BCUT2D eigenvalue weighted by Gasteiger charge is -2.25. The van der Waals surface area contributed by atoms with Gasteiger partial charge in [0.25, 0.3) is 0 Å². The topological polar surface area (TPSA) is 52.6 Å². The van der Waals surface area contributed by atoms with E-state index >= 15 is 0 Å². The number of ether oxygens (including phenoxy) is 2. The normalized spacial score (nSPS) is 24.6. The number of hydrogen-bond donors (Lipinski definition) is 0. The van der Waals surface area contributed by atoms with Crippen LogP contribution in [-0.4, -0.2) is 11.9 Å². The van der Waals surface area contributed by atoms with Crippen molar-refractivity contribution in [3.63, 3.8) is 0 Å². The minimum atomic E-state index is -0.512. The molecule has 2 bridgehead atoms. The van der Waals surface area contributed by atoms with E-state index in [9.17, 15) is 9.59 Å². The first-order valence-electron chi connectivity index (χ1n) is 10.1. The van der Waals surface area contributed by atoms with Gasteiger partial charge in [-0.1, -0.05) is 36.4 Å². The molecule has 1 saturated carbocycles. The smallest absolute Gasteiger partial charge is 0.315 e. The van der Waals surface area contributed by atoms with Crippen molar-refractivity contribution >= 4 is 11.9 Å². The van der Waals surface area contributed by atoms with Crippen molar-refractivity contribution in [2.24, 2.45) is 23.7 Å². The summed E-state index contributed by atoms with van der Waals surface area (Å²) < 4.78 is 11.5. The largest absolute Gasteiger partial charge is 0.426 e. The number of carbonyl (C=O) groups is 2. The molecule has 0 spiro atoms. The van der Waals surface area contributed by atoms with E-state index in [2.05, 4.69) is 0 Å². The number of aryl methyl sites for hydroxylation is 4. The molecule has 4 unspecified atom stereocenters. The van der Waals surface area contributed by atoms with Crippen LogP contribution < -0.4 is 9.47 Å².